The number of aromatic amines is 1. The second-order valence-electron chi connectivity index (χ2n) is 7.74. The van der Waals surface area contributed by atoms with Crippen LogP contribution in [0.2, 0.25) is 0 Å². The predicted molar refractivity (Wildman–Crippen MR) is 130 cm³/mol. The molecule has 4 rings (SSSR count). The summed E-state index contributed by atoms with van der Waals surface area (Å²) < 4.78 is 34.2. The Kier molecular flexibility index (Phi) is 6.51. The van der Waals surface area contributed by atoms with Crippen molar-refractivity contribution in [2.45, 2.75) is 11.8 Å². The second kappa shape index (κ2) is 9.37. The number of rotatable bonds is 8. The summed E-state index contributed by atoms with van der Waals surface area (Å²) in [6, 6.07) is 13.8. The molecule has 34 heavy (non-hydrogen) atoms. The fourth-order valence-corrected chi connectivity index (χ4v) is 4.83. The Morgan fingerprint density at radius 2 is 1.91 bits per heavy atom. The van der Waals surface area contributed by atoms with Crippen molar-refractivity contribution >= 4 is 21.1 Å². The molecule has 0 fully saturated rings. The molecule has 0 aliphatic rings. The smallest absolute Gasteiger partial charge is 0.277 e. The number of para-hydroxylation sites is 1. The lowest BCUT2D eigenvalue weighted by atomic mass is 10.2. The molecule has 0 bridgehead atoms. The molecule has 0 aliphatic heterocycles. The summed E-state index contributed by atoms with van der Waals surface area (Å²) in [5.41, 5.74) is 2.22. The van der Waals surface area contributed by atoms with Crippen molar-refractivity contribution in [2.75, 3.05) is 34.3 Å². The van der Waals surface area contributed by atoms with Crippen LogP contribution in [0.4, 0.5) is 0 Å². The zero-order valence-electron chi connectivity index (χ0n) is 19.4. The predicted octanol–water partition coefficient (Wildman–Crippen LogP) is 1.93. The average Bonchev–Trinajstić information content (AvgIpc) is 3.19. The molecule has 11 heteroatoms. The first-order valence-electron chi connectivity index (χ1n) is 10.6. The number of fused-ring (bicyclic) bond motifs is 1. The first-order chi connectivity index (χ1) is 16.3. The Morgan fingerprint density at radius 3 is 2.59 bits per heavy atom. The number of nitrogens with zero attached hydrogens (tertiary/aromatic N) is 4. The van der Waals surface area contributed by atoms with E-state index in [9.17, 15) is 13.2 Å². The molecule has 0 aliphatic carbocycles. The van der Waals surface area contributed by atoms with Gasteiger partial charge in [0.05, 0.1) is 29.0 Å². The Hall–Kier alpha value is -3.54. The van der Waals surface area contributed by atoms with Gasteiger partial charge in [0, 0.05) is 26.2 Å². The SMILES string of the molecule is CNCCN(C)S(=O)(=O)c1ccc(-c2nc3c(C)nn(-c4ccccc4)c3c(=O)[nH]2)c(OC)c1. The van der Waals surface area contributed by atoms with Gasteiger partial charge in [-0.3, -0.25) is 4.79 Å². The largest absolute Gasteiger partial charge is 0.496 e. The number of hydrogen-bond donors (Lipinski definition) is 2. The molecule has 10 nitrogen and oxygen atoms in total. The van der Waals surface area contributed by atoms with E-state index in [0.717, 1.165) is 5.69 Å². The highest BCUT2D eigenvalue weighted by atomic mass is 32.2. The highest BCUT2D eigenvalue weighted by molar-refractivity contribution is 7.89. The van der Waals surface area contributed by atoms with Gasteiger partial charge in [-0.05, 0) is 38.2 Å². The van der Waals surface area contributed by atoms with Crippen molar-refractivity contribution in [2.24, 2.45) is 0 Å². The van der Waals surface area contributed by atoms with E-state index in [0.29, 0.717) is 35.4 Å². The molecule has 2 aromatic heterocycles. The highest BCUT2D eigenvalue weighted by Gasteiger charge is 2.23. The van der Waals surface area contributed by atoms with E-state index in [1.54, 1.807) is 24.7 Å². The summed E-state index contributed by atoms with van der Waals surface area (Å²) in [7, 11) is 1.01. The number of methoxy groups -OCH3 is 1. The van der Waals surface area contributed by atoms with Crippen molar-refractivity contribution in [1.29, 1.82) is 0 Å². The number of likely N-dealkylation sites (N-methyl/N-ethyl adjacent to an activating group) is 2. The molecule has 0 saturated heterocycles. The van der Waals surface area contributed by atoms with Crippen molar-refractivity contribution in [3.05, 3.63) is 64.6 Å². The molecule has 2 N–H and O–H groups in total. The molecule has 0 radical (unpaired) electrons. The van der Waals surface area contributed by atoms with Crippen LogP contribution in [0.1, 0.15) is 5.69 Å². The van der Waals surface area contributed by atoms with Crippen LogP contribution in [0.25, 0.3) is 28.1 Å². The summed E-state index contributed by atoms with van der Waals surface area (Å²) >= 11 is 0. The van der Waals surface area contributed by atoms with E-state index in [4.69, 9.17) is 4.74 Å². The van der Waals surface area contributed by atoms with Gasteiger partial charge in [0.25, 0.3) is 5.56 Å². The standard InChI is InChI=1S/C23H26N6O4S/c1-15-20-21(29(27-15)16-8-6-5-7-9-16)23(30)26-22(25-20)18-11-10-17(14-19(18)33-4)34(31,32)28(3)13-12-24-2/h5-11,14,24H,12-13H2,1-4H3,(H,25,26,30). The van der Waals surface area contributed by atoms with Gasteiger partial charge in [-0.2, -0.15) is 9.40 Å². The van der Waals surface area contributed by atoms with Gasteiger partial charge in [-0.15, -0.1) is 0 Å². The number of sulfonamides is 1. The van der Waals surface area contributed by atoms with E-state index in [-0.39, 0.29) is 22.0 Å². The lowest BCUT2D eigenvalue weighted by molar-refractivity contribution is 0.414. The van der Waals surface area contributed by atoms with Crippen LogP contribution in [0, 0.1) is 6.92 Å². The Bertz CT molecular complexity index is 1500. The normalized spacial score (nSPS) is 11.9. The zero-order chi connectivity index (χ0) is 24.5. The minimum absolute atomic E-state index is 0.0863. The van der Waals surface area contributed by atoms with Crippen LogP contribution in [0.3, 0.4) is 0 Å². The zero-order valence-corrected chi connectivity index (χ0v) is 20.2. The van der Waals surface area contributed by atoms with Gasteiger partial charge < -0.3 is 15.0 Å². The van der Waals surface area contributed by atoms with Crippen molar-refractivity contribution < 1.29 is 13.2 Å². The molecule has 2 heterocycles. The Morgan fingerprint density at radius 1 is 1.18 bits per heavy atom. The molecule has 0 atom stereocenters. The lowest BCUT2D eigenvalue weighted by Gasteiger charge is -2.18. The molecule has 4 aromatic rings. The van der Waals surface area contributed by atoms with E-state index >= 15 is 0 Å². The maximum Gasteiger partial charge on any atom is 0.277 e. The van der Waals surface area contributed by atoms with E-state index in [2.05, 4.69) is 20.4 Å². The van der Waals surface area contributed by atoms with Crippen LogP contribution in [-0.2, 0) is 10.0 Å². The monoisotopic (exact) mass is 482 g/mol. The van der Waals surface area contributed by atoms with Crippen LogP contribution >= 0.6 is 0 Å². The summed E-state index contributed by atoms with van der Waals surface area (Å²) in [5, 5.41) is 7.43. The maximum absolute atomic E-state index is 13.1. The van der Waals surface area contributed by atoms with E-state index < -0.39 is 10.0 Å². The number of benzene rings is 2. The molecular formula is C23H26N6O4S. The molecule has 0 amide bonds. The van der Waals surface area contributed by atoms with Crippen LogP contribution in [-0.4, -0.2) is 66.8 Å². The summed E-state index contributed by atoms with van der Waals surface area (Å²) in [6.45, 7) is 2.62. The van der Waals surface area contributed by atoms with Crippen LogP contribution in [0.5, 0.6) is 5.75 Å². The number of nitrogens with one attached hydrogen (secondary N) is 2. The van der Waals surface area contributed by atoms with Crippen LogP contribution in [0.15, 0.2) is 58.2 Å². The van der Waals surface area contributed by atoms with Gasteiger partial charge in [-0.1, -0.05) is 18.2 Å². The average molecular weight is 483 g/mol. The molecule has 0 spiro atoms. The topological polar surface area (TPSA) is 122 Å². The molecule has 178 valence electrons. The minimum Gasteiger partial charge on any atom is -0.496 e. The van der Waals surface area contributed by atoms with Gasteiger partial charge in [0.2, 0.25) is 10.0 Å². The number of aryl methyl sites for hydroxylation is 1. The Balaban J connectivity index is 1.81. The van der Waals surface area contributed by atoms with E-state index in [1.807, 2.05) is 30.3 Å². The summed E-state index contributed by atoms with van der Waals surface area (Å²) in [6.07, 6.45) is 0. The second-order valence-corrected chi connectivity index (χ2v) is 9.78. The van der Waals surface area contributed by atoms with Gasteiger partial charge in [-0.25, -0.2) is 18.1 Å². The van der Waals surface area contributed by atoms with Crippen molar-refractivity contribution in [1.82, 2.24) is 29.4 Å². The summed E-state index contributed by atoms with van der Waals surface area (Å²) in [4.78, 5) is 20.6. The molecule has 2 aromatic carbocycles. The first kappa shape index (κ1) is 23.6. The van der Waals surface area contributed by atoms with E-state index in [1.165, 1.54) is 30.6 Å². The van der Waals surface area contributed by atoms with Crippen molar-refractivity contribution in [3.8, 4) is 22.8 Å². The highest BCUT2D eigenvalue weighted by Crippen LogP contribution is 2.31. The third-order valence-corrected chi connectivity index (χ3v) is 7.37. The molecule has 0 unspecified atom stereocenters. The lowest BCUT2D eigenvalue weighted by Crippen LogP contribution is -2.32. The van der Waals surface area contributed by atoms with Crippen LogP contribution < -0.4 is 15.6 Å². The fourth-order valence-electron chi connectivity index (χ4n) is 3.64. The van der Waals surface area contributed by atoms with Crippen molar-refractivity contribution in [3.63, 3.8) is 0 Å². The molecular weight excluding hydrogens is 456 g/mol. The van der Waals surface area contributed by atoms with Gasteiger partial charge in [0.1, 0.15) is 17.1 Å². The minimum atomic E-state index is -3.71. The number of H-pyrrole nitrogens is 1. The third-order valence-electron chi connectivity index (χ3n) is 5.51. The first-order valence-corrected chi connectivity index (χ1v) is 12.1. The Labute approximate surface area is 197 Å². The van der Waals surface area contributed by atoms with Gasteiger partial charge in [0.15, 0.2) is 5.52 Å². The molecule has 0 saturated carbocycles. The fraction of sp³-hybridized carbons (Fsp3) is 0.261. The summed E-state index contributed by atoms with van der Waals surface area (Å²) in [5.74, 6) is 0.538. The quantitative estimate of drug-likeness (QED) is 0.393. The van der Waals surface area contributed by atoms with Gasteiger partial charge >= 0.3 is 0 Å². The number of ether oxygens (including phenoxy) is 1. The maximum atomic E-state index is 13.1. The number of hydrogen-bond acceptors (Lipinski definition) is 7. The number of aromatic nitrogens is 4. The third kappa shape index (κ3) is 4.20.